The Morgan fingerprint density at radius 1 is 1.67 bits per heavy atom. The van der Waals surface area contributed by atoms with Gasteiger partial charge in [-0.25, -0.2) is 0 Å². The van der Waals surface area contributed by atoms with Gasteiger partial charge >= 0.3 is 0 Å². The zero-order valence-corrected chi connectivity index (χ0v) is 7.05. The maximum Gasteiger partial charge on any atom is -0.00269 e. The number of thioether (sulfide) groups is 1. The SMILES string of the molecule is C=C=C(CC)CCSC. The molecular weight excluding hydrogens is 128 g/mol. The van der Waals surface area contributed by atoms with Crippen molar-refractivity contribution < 1.29 is 0 Å². The van der Waals surface area contributed by atoms with Crippen LogP contribution in [0.5, 0.6) is 0 Å². The van der Waals surface area contributed by atoms with Crippen LogP contribution in [0, 0.1) is 0 Å². The van der Waals surface area contributed by atoms with Crippen molar-refractivity contribution >= 4 is 11.8 Å². The number of rotatable bonds is 4. The minimum Gasteiger partial charge on any atom is -0.165 e. The van der Waals surface area contributed by atoms with Crippen LogP contribution in [0.3, 0.4) is 0 Å². The zero-order valence-electron chi connectivity index (χ0n) is 6.24. The standard InChI is InChI=1S/C8H14S/c1-4-8(5-2)6-7-9-3/h1,5-7H2,2-3H3. The summed E-state index contributed by atoms with van der Waals surface area (Å²) >= 11 is 1.87. The van der Waals surface area contributed by atoms with E-state index in [9.17, 15) is 0 Å². The lowest BCUT2D eigenvalue weighted by atomic mass is 10.2. The molecule has 0 unspecified atom stereocenters. The molecule has 0 nitrogen and oxygen atoms in total. The Morgan fingerprint density at radius 3 is 2.67 bits per heavy atom. The molecule has 0 aliphatic rings. The fourth-order valence-electron chi connectivity index (χ4n) is 0.615. The Kier molecular flexibility index (Phi) is 5.91. The summed E-state index contributed by atoms with van der Waals surface area (Å²) in [5, 5.41) is 0. The number of hydrogen-bond acceptors (Lipinski definition) is 1. The first kappa shape index (κ1) is 8.87. The van der Waals surface area contributed by atoms with E-state index in [0.717, 1.165) is 12.8 Å². The molecule has 0 rings (SSSR count). The van der Waals surface area contributed by atoms with Crippen LogP contribution in [0.1, 0.15) is 19.8 Å². The van der Waals surface area contributed by atoms with E-state index in [-0.39, 0.29) is 0 Å². The van der Waals surface area contributed by atoms with Crippen LogP contribution in [-0.2, 0) is 0 Å². The Bertz CT molecular complexity index is 110. The van der Waals surface area contributed by atoms with Crippen LogP contribution < -0.4 is 0 Å². The van der Waals surface area contributed by atoms with Crippen molar-refractivity contribution in [1.29, 1.82) is 0 Å². The van der Waals surface area contributed by atoms with Crippen molar-refractivity contribution in [2.45, 2.75) is 19.8 Å². The van der Waals surface area contributed by atoms with Crippen molar-refractivity contribution in [2.75, 3.05) is 12.0 Å². The lowest BCUT2D eigenvalue weighted by Crippen LogP contribution is -1.81. The Balaban J connectivity index is 3.45. The minimum atomic E-state index is 1.10. The smallest absolute Gasteiger partial charge is 0.00269 e. The predicted octanol–water partition coefficient (Wildman–Crippen LogP) is 2.86. The predicted molar refractivity (Wildman–Crippen MR) is 45.9 cm³/mol. The molecule has 0 bridgehead atoms. The van der Waals surface area contributed by atoms with Gasteiger partial charge in [0.05, 0.1) is 0 Å². The maximum absolute atomic E-state index is 3.61. The van der Waals surface area contributed by atoms with Gasteiger partial charge in [0, 0.05) is 0 Å². The molecule has 0 N–H and O–H groups in total. The third kappa shape index (κ3) is 4.38. The molecule has 0 aliphatic carbocycles. The summed E-state index contributed by atoms with van der Waals surface area (Å²) in [6.45, 7) is 5.76. The van der Waals surface area contributed by atoms with Gasteiger partial charge in [-0.05, 0) is 30.4 Å². The van der Waals surface area contributed by atoms with E-state index in [0.29, 0.717) is 0 Å². The molecule has 0 amide bonds. The second kappa shape index (κ2) is 6.00. The second-order valence-electron chi connectivity index (χ2n) is 1.88. The van der Waals surface area contributed by atoms with Crippen LogP contribution in [0.15, 0.2) is 17.9 Å². The zero-order chi connectivity index (χ0) is 7.11. The molecular formula is C8H14S. The summed E-state index contributed by atoms with van der Waals surface area (Å²) in [4.78, 5) is 0. The first-order chi connectivity index (χ1) is 4.35. The van der Waals surface area contributed by atoms with Gasteiger partial charge in [-0.1, -0.05) is 13.5 Å². The van der Waals surface area contributed by atoms with Crippen molar-refractivity contribution in [3.63, 3.8) is 0 Å². The normalized spacial score (nSPS) is 8.67. The Morgan fingerprint density at radius 2 is 2.33 bits per heavy atom. The van der Waals surface area contributed by atoms with E-state index < -0.39 is 0 Å². The molecule has 0 heterocycles. The van der Waals surface area contributed by atoms with Crippen LogP contribution >= 0.6 is 11.8 Å². The summed E-state index contributed by atoms with van der Waals surface area (Å²) in [6, 6.07) is 0. The Labute approximate surface area is 62.0 Å². The molecule has 0 radical (unpaired) electrons. The van der Waals surface area contributed by atoms with E-state index in [2.05, 4.69) is 25.5 Å². The molecule has 0 atom stereocenters. The van der Waals surface area contributed by atoms with Gasteiger partial charge < -0.3 is 0 Å². The third-order valence-corrected chi connectivity index (χ3v) is 1.90. The monoisotopic (exact) mass is 142 g/mol. The molecule has 0 aromatic rings. The van der Waals surface area contributed by atoms with Crippen LogP contribution in [0.2, 0.25) is 0 Å². The van der Waals surface area contributed by atoms with Gasteiger partial charge in [-0.3, -0.25) is 0 Å². The fourth-order valence-corrected chi connectivity index (χ4v) is 1.07. The second-order valence-corrected chi connectivity index (χ2v) is 2.86. The van der Waals surface area contributed by atoms with Crippen LogP contribution in [0.4, 0.5) is 0 Å². The number of allylic oxidation sites excluding steroid dienone is 1. The fraction of sp³-hybridized carbons (Fsp3) is 0.625. The highest BCUT2D eigenvalue weighted by molar-refractivity contribution is 7.98. The maximum atomic E-state index is 3.61. The van der Waals surface area contributed by atoms with E-state index in [1.165, 1.54) is 11.3 Å². The van der Waals surface area contributed by atoms with Crippen LogP contribution in [-0.4, -0.2) is 12.0 Å². The van der Waals surface area contributed by atoms with Gasteiger partial charge in [-0.15, -0.1) is 5.73 Å². The third-order valence-electron chi connectivity index (χ3n) is 1.28. The van der Waals surface area contributed by atoms with Crippen molar-refractivity contribution in [1.82, 2.24) is 0 Å². The highest BCUT2D eigenvalue weighted by atomic mass is 32.2. The summed E-state index contributed by atoms with van der Waals surface area (Å²) in [6.07, 6.45) is 4.38. The molecule has 52 valence electrons. The van der Waals surface area contributed by atoms with E-state index in [4.69, 9.17) is 0 Å². The van der Waals surface area contributed by atoms with Crippen molar-refractivity contribution in [3.8, 4) is 0 Å². The van der Waals surface area contributed by atoms with E-state index in [1.807, 2.05) is 11.8 Å². The molecule has 0 saturated carbocycles. The molecule has 0 aromatic heterocycles. The molecule has 0 aromatic carbocycles. The van der Waals surface area contributed by atoms with E-state index in [1.54, 1.807) is 0 Å². The average molecular weight is 142 g/mol. The lowest BCUT2D eigenvalue weighted by molar-refractivity contribution is 0.992. The molecule has 0 saturated heterocycles. The Hall–Kier alpha value is -0.130. The minimum absolute atomic E-state index is 1.10. The first-order valence-electron chi connectivity index (χ1n) is 3.21. The van der Waals surface area contributed by atoms with Gasteiger partial charge in [0.2, 0.25) is 0 Å². The molecule has 0 spiro atoms. The average Bonchev–Trinajstić information content (AvgIpc) is 1.91. The van der Waals surface area contributed by atoms with Crippen LogP contribution in [0.25, 0.3) is 0 Å². The summed E-state index contributed by atoms with van der Waals surface area (Å²) in [5.74, 6) is 1.20. The highest BCUT2D eigenvalue weighted by Gasteiger charge is 1.89. The molecule has 1 heteroatoms. The highest BCUT2D eigenvalue weighted by Crippen LogP contribution is 2.07. The number of hydrogen-bond donors (Lipinski definition) is 0. The summed E-state index contributed by atoms with van der Waals surface area (Å²) < 4.78 is 0. The first-order valence-corrected chi connectivity index (χ1v) is 4.61. The van der Waals surface area contributed by atoms with Gasteiger partial charge in [0.25, 0.3) is 0 Å². The van der Waals surface area contributed by atoms with E-state index >= 15 is 0 Å². The summed E-state index contributed by atoms with van der Waals surface area (Å²) in [7, 11) is 0. The van der Waals surface area contributed by atoms with Crippen molar-refractivity contribution in [3.05, 3.63) is 17.9 Å². The lowest BCUT2D eigenvalue weighted by Gasteiger charge is -1.96. The van der Waals surface area contributed by atoms with Crippen molar-refractivity contribution in [2.24, 2.45) is 0 Å². The molecule has 0 aliphatic heterocycles. The van der Waals surface area contributed by atoms with Gasteiger partial charge in [0.1, 0.15) is 0 Å². The quantitative estimate of drug-likeness (QED) is 0.544. The summed E-state index contributed by atoms with van der Waals surface area (Å²) in [5.41, 5.74) is 4.29. The molecule has 9 heavy (non-hydrogen) atoms. The topological polar surface area (TPSA) is 0 Å². The largest absolute Gasteiger partial charge is 0.165 e. The molecule has 0 fully saturated rings. The van der Waals surface area contributed by atoms with Gasteiger partial charge in [-0.2, -0.15) is 11.8 Å². The van der Waals surface area contributed by atoms with Gasteiger partial charge in [0.15, 0.2) is 0 Å².